The summed E-state index contributed by atoms with van der Waals surface area (Å²) >= 11 is 0. The van der Waals surface area contributed by atoms with Crippen LogP contribution in [0.3, 0.4) is 0 Å². The lowest BCUT2D eigenvalue weighted by Crippen LogP contribution is -2.64. The molecule has 39 heteroatoms. The van der Waals surface area contributed by atoms with Gasteiger partial charge in [-0.1, -0.05) is 67.5 Å². The minimum atomic E-state index is -2.51. The van der Waals surface area contributed by atoms with Crippen molar-refractivity contribution in [2.45, 2.75) is 244 Å². The van der Waals surface area contributed by atoms with Crippen molar-refractivity contribution in [1.82, 2.24) is 52.3 Å². The molecule has 20 unspecified atom stereocenters. The molecule has 0 radical (unpaired) electrons. The van der Waals surface area contributed by atoms with E-state index >= 15 is 0 Å². The van der Waals surface area contributed by atoms with Crippen LogP contribution in [0.2, 0.25) is 0 Å². The van der Waals surface area contributed by atoms with E-state index in [0.29, 0.717) is 19.3 Å². The van der Waals surface area contributed by atoms with Gasteiger partial charge in [0, 0.05) is 46.1 Å². The number of nitrogens with zero attached hydrogens (tertiary/aromatic N) is 4. The first-order valence-corrected chi connectivity index (χ1v) is 36.4. The lowest BCUT2D eigenvalue weighted by atomic mass is 9.87. The third-order valence-corrected chi connectivity index (χ3v) is 19.0. The molecule has 0 aromatic heterocycles. The zero-order valence-electron chi connectivity index (χ0n) is 64.5. The van der Waals surface area contributed by atoms with Crippen LogP contribution in [-0.4, -0.2) is 259 Å². The Hall–Kier alpha value is -9.57. The number of aliphatic hydroxyl groups is 5. The number of carboxylic acids is 1. The first kappa shape index (κ1) is 95.5. The average molecular weight is 1550 g/mol. The smallest absolute Gasteiger partial charge is 0.326 e. The molecule has 2 rings (SSSR count). The number of piperidine rings is 1. The van der Waals surface area contributed by atoms with Gasteiger partial charge in [-0.2, -0.15) is 0 Å². The number of amides is 12. The summed E-state index contributed by atoms with van der Waals surface area (Å²) in [6.07, 6.45) is -11.0. The van der Waals surface area contributed by atoms with Crippen LogP contribution < -0.4 is 76.9 Å². The van der Waals surface area contributed by atoms with Crippen molar-refractivity contribution in [2.75, 3.05) is 33.8 Å². The summed E-state index contributed by atoms with van der Waals surface area (Å²) in [5.41, 5.74) is 33.5. The van der Waals surface area contributed by atoms with Crippen molar-refractivity contribution in [3.63, 3.8) is 0 Å². The quantitative estimate of drug-likeness (QED) is 0.0165. The van der Waals surface area contributed by atoms with Crippen LogP contribution in [0.25, 0.3) is 0 Å². The van der Waals surface area contributed by atoms with Gasteiger partial charge in [-0.15, -0.1) is 0 Å². The number of aliphatic carboxylic acids is 1. The van der Waals surface area contributed by atoms with Crippen molar-refractivity contribution in [3.05, 3.63) is 29.8 Å². The molecule has 1 saturated heterocycles. The largest absolute Gasteiger partial charge is 0.508 e. The molecule has 1 heterocycles. The van der Waals surface area contributed by atoms with Gasteiger partial charge >= 0.3 is 5.97 Å². The van der Waals surface area contributed by atoms with Crippen LogP contribution in [0.5, 0.6) is 5.75 Å². The molecular formula is C70H120N18O21. The summed E-state index contributed by atoms with van der Waals surface area (Å²) in [6.45, 7) is 16.2. The molecule has 109 heavy (non-hydrogen) atoms. The standard InChI is InChI=1S/C70H120N18O21/c1-32(2)30-34(5)53(93)37(8)58(97)79-38(9)59(98)80-43(18-16-27-77-69(73)74)54(94)55(95)65(104)83-49(35(6)36(7)57(72)96)62(101)84-51(40(11)90)64(103)85-50(39(10)89)63(102)81-44(19-17-28-78-70(75)76)60(99)82-45(31-33(3)4)66(105)87(12)46(25-26-48(71)92)61(100)86-52(56(109-13)41-21-23-42(91)24-22-41)67(106)88-29-15-14-20-47(88)68(107)108/h21-24,32-40,43-47,49-56,89-91,93-95H,14-20,25-31H2,1-13H3,(H2,71,92)(H2,72,96)(H,79,97)(H,80,98)(H,81,102)(H,82,99)(H,83,104)(H,84,101)(H,85,103)(H,86,100)(H,107,108)(H4,73,74,77)(H4,75,76,78). The van der Waals surface area contributed by atoms with Gasteiger partial charge in [0.15, 0.2) is 18.0 Å². The number of likely N-dealkylation sites (tertiary alicyclic amines) is 1. The summed E-state index contributed by atoms with van der Waals surface area (Å²) < 4.78 is 5.77. The second-order valence-electron chi connectivity index (χ2n) is 28.9. The molecule has 1 aromatic rings. The molecule has 0 spiro atoms. The van der Waals surface area contributed by atoms with Gasteiger partial charge in [0.05, 0.1) is 30.3 Å². The molecule has 616 valence electrons. The number of aliphatic imine (C=N–C) groups is 2. The number of phenolic OH excluding ortho intramolecular Hbond substituents is 1. The first-order chi connectivity index (χ1) is 50.8. The van der Waals surface area contributed by atoms with Gasteiger partial charge in [-0.05, 0) is 126 Å². The minimum absolute atomic E-state index is 0.0179. The predicted octanol–water partition coefficient (Wildman–Crippen LogP) is -5.39. The summed E-state index contributed by atoms with van der Waals surface area (Å²) in [4.78, 5) is 191. The topological polar surface area (TPSA) is 656 Å². The molecule has 20 atom stereocenters. The van der Waals surface area contributed by atoms with Crippen molar-refractivity contribution in [1.29, 1.82) is 0 Å². The number of hydrogen-bond donors (Lipinski definition) is 21. The highest BCUT2D eigenvalue weighted by molar-refractivity contribution is 5.99. The zero-order chi connectivity index (χ0) is 83.2. The molecule has 0 saturated carbocycles. The molecule has 1 aliphatic heterocycles. The third-order valence-electron chi connectivity index (χ3n) is 19.0. The summed E-state index contributed by atoms with van der Waals surface area (Å²) in [7, 11) is 2.39. The monoisotopic (exact) mass is 1550 g/mol. The number of nitrogens with two attached hydrogens (primary N) is 6. The number of aliphatic hydroxyl groups excluding tert-OH is 5. The van der Waals surface area contributed by atoms with E-state index in [9.17, 15) is 98.1 Å². The number of carbonyl (C=O) groups excluding carboxylic acids is 12. The van der Waals surface area contributed by atoms with Crippen molar-refractivity contribution in [2.24, 2.45) is 79.9 Å². The highest BCUT2D eigenvalue weighted by Gasteiger charge is 2.45. The molecule has 12 amide bonds. The maximum Gasteiger partial charge on any atom is 0.326 e. The summed E-state index contributed by atoms with van der Waals surface area (Å²) in [5, 5.41) is 96.0. The van der Waals surface area contributed by atoms with Crippen LogP contribution in [0.1, 0.15) is 158 Å². The fraction of sp³-hybridized carbons (Fsp3) is 0.700. The van der Waals surface area contributed by atoms with E-state index in [2.05, 4.69) is 52.5 Å². The number of benzene rings is 1. The van der Waals surface area contributed by atoms with Crippen LogP contribution in [0.15, 0.2) is 34.3 Å². The Kier molecular flexibility index (Phi) is 40.4. The van der Waals surface area contributed by atoms with E-state index in [0.717, 1.165) is 23.6 Å². The number of carboxylic acid groups (broad SMARTS) is 1. The highest BCUT2D eigenvalue weighted by atomic mass is 16.5. The molecule has 1 aromatic carbocycles. The average Bonchev–Trinajstić information content (AvgIpc) is 0.798. The van der Waals surface area contributed by atoms with E-state index in [4.69, 9.17) is 39.1 Å². The number of primary amides is 2. The maximum atomic E-state index is 15.0. The van der Waals surface area contributed by atoms with E-state index in [1.807, 2.05) is 13.8 Å². The fourth-order valence-corrected chi connectivity index (χ4v) is 12.4. The SMILES string of the molecule is COC(c1ccc(O)cc1)C(NC(=O)C(CCC(N)=O)N(C)C(=O)C(CC(C)C)NC(=O)C(CCCN=C(N)N)NC(=O)C(NC(=O)C(NC(=O)C(NC(=O)C(O)C(O)C(CCCN=C(N)N)NC(=O)C(C)NC(=O)C(C)C(O)C(C)CC(C)C)C(C)C(C)C(N)=O)C(C)O)C(C)O)C(=O)N1CCCCC1C(=O)O. The van der Waals surface area contributed by atoms with Gasteiger partial charge in [-0.3, -0.25) is 67.5 Å². The molecule has 1 fully saturated rings. The molecule has 39 nitrogen and oxygen atoms in total. The van der Waals surface area contributed by atoms with E-state index in [1.165, 1.54) is 66.1 Å². The van der Waals surface area contributed by atoms with Crippen LogP contribution in [0, 0.1) is 35.5 Å². The summed E-state index contributed by atoms with van der Waals surface area (Å²) in [5.74, 6) is -19.1. The molecule has 27 N–H and O–H groups in total. The lowest BCUT2D eigenvalue weighted by molar-refractivity contribution is -0.155. The van der Waals surface area contributed by atoms with Crippen LogP contribution in [-0.2, 0) is 67.1 Å². The number of nitrogens with one attached hydrogen (secondary N) is 8. The minimum Gasteiger partial charge on any atom is -0.508 e. The van der Waals surface area contributed by atoms with Gasteiger partial charge in [0.2, 0.25) is 65.0 Å². The Morgan fingerprint density at radius 3 is 1.56 bits per heavy atom. The van der Waals surface area contributed by atoms with E-state index in [1.54, 1.807) is 20.8 Å². The zero-order valence-corrected chi connectivity index (χ0v) is 64.5. The summed E-state index contributed by atoms with van der Waals surface area (Å²) in [6, 6.07) is -11.5. The second-order valence-corrected chi connectivity index (χ2v) is 28.9. The van der Waals surface area contributed by atoms with Crippen LogP contribution >= 0.6 is 0 Å². The molecule has 0 aliphatic carbocycles. The number of likely N-dealkylation sites (N-methyl/N-ethyl adjacent to an activating group) is 1. The number of methoxy groups -OCH3 is 1. The maximum absolute atomic E-state index is 15.0. The number of aromatic hydroxyl groups is 1. The fourth-order valence-electron chi connectivity index (χ4n) is 12.4. The predicted molar refractivity (Wildman–Crippen MR) is 397 cm³/mol. The second kappa shape index (κ2) is 46.1. The third kappa shape index (κ3) is 30.8. The van der Waals surface area contributed by atoms with Gasteiger partial charge < -0.3 is 127 Å². The lowest BCUT2D eigenvalue weighted by Gasteiger charge is -2.38. The Morgan fingerprint density at radius 1 is 0.560 bits per heavy atom. The van der Waals surface area contributed by atoms with E-state index < -0.39 is 210 Å². The first-order valence-electron chi connectivity index (χ1n) is 36.4. The number of phenols is 1. The number of ether oxygens (including phenoxy) is 1. The Labute approximate surface area is 634 Å². The Morgan fingerprint density at radius 2 is 1.06 bits per heavy atom. The number of guanidine groups is 2. The van der Waals surface area contributed by atoms with Crippen LogP contribution in [0.4, 0.5) is 0 Å². The van der Waals surface area contributed by atoms with Crippen molar-refractivity contribution in [3.8, 4) is 5.75 Å². The Balaban J connectivity index is 2.61. The number of hydrogen-bond acceptors (Lipinski definition) is 22. The highest BCUT2D eigenvalue weighted by Crippen LogP contribution is 2.29. The normalized spacial score (nSPS) is 18.2. The molecule has 1 aliphatic rings. The number of carbonyl (C=O) groups is 13. The van der Waals surface area contributed by atoms with Gasteiger partial charge in [0.1, 0.15) is 72.3 Å². The van der Waals surface area contributed by atoms with Gasteiger partial charge in [-0.25, -0.2) is 4.79 Å². The van der Waals surface area contributed by atoms with Crippen molar-refractivity contribution < 1.29 is 103 Å². The van der Waals surface area contributed by atoms with Crippen molar-refractivity contribution >= 4 is 88.8 Å². The molecule has 0 bridgehead atoms. The Bertz CT molecular complexity index is 3280. The molecular weight excluding hydrogens is 1430 g/mol. The van der Waals surface area contributed by atoms with Gasteiger partial charge in [0.25, 0.3) is 5.91 Å². The van der Waals surface area contributed by atoms with E-state index in [-0.39, 0.29) is 93.2 Å². The number of rotatable bonds is 47.